The monoisotopic (exact) mass is 312 g/mol. The van der Waals surface area contributed by atoms with Gasteiger partial charge in [-0.1, -0.05) is 22.8 Å². The number of nitrogens with zero attached hydrogens (tertiary/aromatic N) is 3. The number of rotatable bonds is 6. The zero-order chi connectivity index (χ0) is 15.5. The van der Waals surface area contributed by atoms with Crippen LogP contribution in [0.1, 0.15) is 0 Å². The van der Waals surface area contributed by atoms with E-state index in [9.17, 15) is 8.42 Å². The molecule has 0 saturated carbocycles. The first-order valence-corrected chi connectivity index (χ1v) is 7.85. The quantitative estimate of drug-likeness (QED) is 0.713. The maximum atomic E-state index is 12.6. The van der Waals surface area contributed by atoms with E-state index < -0.39 is 9.84 Å². The summed E-state index contributed by atoms with van der Waals surface area (Å²) in [4.78, 5) is 2.09. The highest BCUT2D eigenvalue weighted by Crippen LogP contribution is 2.24. The van der Waals surface area contributed by atoms with Gasteiger partial charge < -0.3 is 9.64 Å². The minimum Gasteiger partial charge on any atom is -0.452 e. The van der Waals surface area contributed by atoms with Crippen molar-refractivity contribution >= 4 is 9.84 Å². The first kappa shape index (κ1) is 15.5. The molecule has 0 amide bonds. The molecule has 1 aromatic heterocycles. The lowest BCUT2D eigenvalue weighted by Crippen LogP contribution is -2.32. The minimum absolute atomic E-state index is 0.0248. The molecule has 1 heterocycles. The predicted octanol–water partition coefficient (Wildman–Crippen LogP) is 0.272. The summed E-state index contributed by atoms with van der Waals surface area (Å²) in [6, 6.07) is 8.11. The number of likely N-dealkylation sites (N-methyl/N-ethyl adjacent to an activating group) is 1. The van der Waals surface area contributed by atoms with Gasteiger partial charge in [0.1, 0.15) is 13.7 Å². The summed E-state index contributed by atoms with van der Waals surface area (Å²) in [5.41, 5.74) is 0. The van der Waals surface area contributed by atoms with Crippen LogP contribution in [0.3, 0.4) is 0 Å². The van der Waals surface area contributed by atoms with Crippen molar-refractivity contribution in [1.29, 1.82) is 0 Å². The Kier molecular flexibility index (Phi) is 4.59. The highest BCUT2D eigenvalue weighted by Gasteiger charge is 2.37. The molecule has 8 heteroatoms. The van der Waals surface area contributed by atoms with E-state index in [0.29, 0.717) is 13.2 Å². The van der Waals surface area contributed by atoms with E-state index in [1.807, 2.05) is 19.0 Å². The molecule has 0 unspecified atom stereocenters. The Balaban J connectivity index is 2.33. The predicted molar refractivity (Wildman–Crippen MR) is 73.6 cm³/mol. The second-order valence-electron chi connectivity index (χ2n) is 4.75. The standard InChI is InChI=1S/C13H18N3O4S/c1-15(2)9-10-19-12-13(16(3)20-14-12)21(17,18)11-7-5-4-6-8-11/h4-8H,9-10H2,1-3H3/q+1. The zero-order valence-electron chi connectivity index (χ0n) is 12.2. The number of sulfone groups is 1. The summed E-state index contributed by atoms with van der Waals surface area (Å²) in [6.07, 6.45) is 0. The minimum atomic E-state index is -3.74. The number of ether oxygens (including phenoxy) is 1. The number of aromatic nitrogens is 2. The molecule has 0 radical (unpaired) electrons. The van der Waals surface area contributed by atoms with Gasteiger partial charge in [-0.15, -0.1) is 0 Å². The topological polar surface area (TPSA) is 76.5 Å². The fourth-order valence-corrected chi connectivity index (χ4v) is 3.15. The third kappa shape index (κ3) is 3.40. The van der Waals surface area contributed by atoms with Crippen LogP contribution < -0.4 is 9.48 Å². The number of hydrogen-bond donors (Lipinski definition) is 0. The molecule has 0 aliphatic rings. The molecule has 21 heavy (non-hydrogen) atoms. The second kappa shape index (κ2) is 6.23. The number of benzene rings is 1. The average molecular weight is 312 g/mol. The van der Waals surface area contributed by atoms with Crippen LogP contribution in [-0.2, 0) is 16.9 Å². The Bertz CT molecular complexity index is 695. The van der Waals surface area contributed by atoms with Crippen molar-refractivity contribution in [2.24, 2.45) is 7.05 Å². The van der Waals surface area contributed by atoms with Crippen LogP contribution in [-0.4, -0.2) is 45.7 Å². The van der Waals surface area contributed by atoms with Crippen LogP contribution in [0.15, 0.2) is 44.9 Å². The van der Waals surface area contributed by atoms with Crippen LogP contribution in [0, 0.1) is 0 Å². The second-order valence-corrected chi connectivity index (χ2v) is 6.61. The van der Waals surface area contributed by atoms with E-state index in [-0.39, 0.29) is 15.8 Å². The van der Waals surface area contributed by atoms with Crippen molar-refractivity contribution in [3.63, 3.8) is 0 Å². The fraction of sp³-hybridized carbons (Fsp3) is 0.385. The van der Waals surface area contributed by atoms with Gasteiger partial charge in [-0.25, -0.2) is 8.42 Å². The molecule has 1 aromatic carbocycles. The van der Waals surface area contributed by atoms with E-state index in [4.69, 9.17) is 9.37 Å². The van der Waals surface area contributed by atoms with Crippen LogP contribution in [0.25, 0.3) is 0 Å². The molecule has 0 aliphatic carbocycles. The lowest BCUT2D eigenvalue weighted by molar-refractivity contribution is -0.882. The van der Waals surface area contributed by atoms with Crippen LogP contribution in [0.2, 0.25) is 0 Å². The Labute approximate surface area is 123 Å². The molecule has 0 aliphatic heterocycles. The van der Waals surface area contributed by atoms with Crippen LogP contribution in [0.5, 0.6) is 5.88 Å². The van der Waals surface area contributed by atoms with Gasteiger partial charge in [0.15, 0.2) is 0 Å². The highest BCUT2D eigenvalue weighted by molar-refractivity contribution is 7.91. The van der Waals surface area contributed by atoms with Crippen molar-refractivity contribution in [2.75, 3.05) is 27.2 Å². The van der Waals surface area contributed by atoms with Crippen molar-refractivity contribution in [1.82, 2.24) is 10.1 Å². The molecular weight excluding hydrogens is 294 g/mol. The summed E-state index contributed by atoms with van der Waals surface area (Å²) in [7, 11) is 1.53. The van der Waals surface area contributed by atoms with E-state index in [1.54, 1.807) is 18.2 Å². The molecular formula is C13H18N3O4S+. The molecule has 0 bridgehead atoms. The Hall–Kier alpha value is -1.93. The summed E-state index contributed by atoms with van der Waals surface area (Å²) < 4.78 is 36.7. The van der Waals surface area contributed by atoms with E-state index >= 15 is 0 Å². The molecule has 0 saturated heterocycles. The van der Waals surface area contributed by atoms with Gasteiger partial charge >= 0.3 is 10.9 Å². The van der Waals surface area contributed by atoms with Crippen molar-refractivity contribution in [2.45, 2.75) is 9.92 Å². The van der Waals surface area contributed by atoms with Crippen molar-refractivity contribution < 1.29 is 22.5 Å². The van der Waals surface area contributed by atoms with E-state index in [0.717, 1.165) is 4.74 Å². The molecule has 0 atom stereocenters. The number of hydrogen-bond acceptors (Lipinski definition) is 6. The summed E-state index contributed by atoms with van der Waals surface area (Å²) >= 11 is 0. The molecule has 0 fully saturated rings. The van der Waals surface area contributed by atoms with Gasteiger partial charge in [0.05, 0.1) is 4.90 Å². The first-order valence-electron chi connectivity index (χ1n) is 6.37. The molecule has 2 aromatic rings. The van der Waals surface area contributed by atoms with Crippen molar-refractivity contribution in [3.05, 3.63) is 30.3 Å². The molecule has 114 valence electrons. The van der Waals surface area contributed by atoms with Gasteiger partial charge in [-0.3, -0.25) is 0 Å². The van der Waals surface area contributed by atoms with E-state index in [2.05, 4.69) is 5.16 Å². The van der Waals surface area contributed by atoms with Gasteiger partial charge in [-0.2, -0.15) is 0 Å². The third-order valence-electron chi connectivity index (χ3n) is 2.80. The third-order valence-corrected chi connectivity index (χ3v) is 4.63. The Morgan fingerprint density at radius 1 is 1.29 bits per heavy atom. The largest absolute Gasteiger partial charge is 0.452 e. The fourth-order valence-electron chi connectivity index (χ4n) is 1.72. The smallest absolute Gasteiger partial charge is 0.440 e. The summed E-state index contributed by atoms with van der Waals surface area (Å²) in [6.45, 7) is 0.957. The van der Waals surface area contributed by atoms with Crippen LogP contribution in [0.4, 0.5) is 0 Å². The number of aryl methyl sites for hydroxylation is 1. The van der Waals surface area contributed by atoms with Gasteiger partial charge in [0.25, 0.3) is 9.84 Å². The molecule has 2 rings (SSSR count). The summed E-state index contributed by atoms with van der Waals surface area (Å²) in [5.74, 6) is -0.0248. The zero-order valence-corrected chi connectivity index (χ0v) is 13.0. The first-order chi connectivity index (χ1) is 9.93. The Morgan fingerprint density at radius 2 is 1.95 bits per heavy atom. The lowest BCUT2D eigenvalue weighted by atomic mass is 10.4. The summed E-state index contributed by atoms with van der Waals surface area (Å²) in [5, 5.41) is 3.58. The van der Waals surface area contributed by atoms with Crippen molar-refractivity contribution in [3.8, 4) is 5.88 Å². The Morgan fingerprint density at radius 3 is 2.57 bits per heavy atom. The maximum absolute atomic E-state index is 12.6. The molecule has 7 nitrogen and oxygen atoms in total. The highest BCUT2D eigenvalue weighted by atomic mass is 32.2. The normalized spacial score (nSPS) is 11.8. The van der Waals surface area contributed by atoms with Gasteiger partial charge in [0.2, 0.25) is 5.16 Å². The molecule has 0 spiro atoms. The maximum Gasteiger partial charge on any atom is 0.440 e. The average Bonchev–Trinajstić information content (AvgIpc) is 2.81. The molecule has 0 N–H and O–H groups in total. The lowest BCUT2D eigenvalue weighted by Gasteiger charge is -2.07. The SMILES string of the molecule is CN(C)CCOc1no[n+](C)c1S(=O)(=O)c1ccccc1. The van der Waals surface area contributed by atoms with E-state index in [1.165, 1.54) is 19.2 Å². The van der Waals surface area contributed by atoms with Gasteiger partial charge in [0, 0.05) is 6.54 Å². The van der Waals surface area contributed by atoms with Crippen LogP contribution >= 0.6 is 0 Å². The van der Waals surface area contributed by atoms with Gasteiger partial charge in [-0.05, 0) is 31.0 Å².